The van der Waals surface area contributed by atoms with Gasteiger partial charge in [0.05, 0.1) is 24.3 Å². The number of hydrogen-bond donors (Lipinski definition) is 1. The van der Waals surface area contributed by atoms with Crippen molar-refractivity contribution in [1.82, 2.24) is 0 Å². The molecule has 7 nitrogen and oxygen atoms in total. The number of anilines is 1. The van der Waals surface area contributed by atoms with E-state index in [0.29, 0.717) is 45.3 Å². The Morgan fingerprint density at radius 2 is 1.71 bits per heavy atom. The van der Waals surface area contributed by atoms with Crippen LogP contribution >= 0.6 is 11.6 Å². The van der Waals surface area contributed by atoms with E-state index in [9.17, 15) is 14.7 Å². The first-order valence-corrected chi connectivity index (χ1v) is 12.6. The lowest BCUT2D eigenvalue weighted by molar-refractivity contribution is -0.117. The molecule has 1 unspecified atom stereocenters. The lowest BCUT2D eigenvalue weighted by Gasteiger charge is -2.27. The largest absolute Gasteiger partial charge is 0.503 e. The van der Waals surface area contributed by atoms with E-state index in [1.807, 2.05) is 20.8 Å². The Balaban J connectivity index is 1.60. The number of hydrogen-bond acceptors (Lipinski definition) is 6. The van der Waals surface area contributed by atoms with Gasteiger partial charge in [-0.1, -0.05) is 23.7 Å². The molecule has 1 atom stereocenters. The zero-order valence-electron chi connectivity index (χ0n) is 21.1. The number of furan rings is 1. The van der Waals surface area contributed by atoms with Crippen LogP contribution in [0.5, 0.6) is 11.5 Å². The van der Waals surface area contributed by atoms with Gasteiger partial charge in [0.25, 0.3) is 5.91 Å². The van der Waals surface area contributed by atoms with Gasteiger partial charge in [-0.25, -0.2) is 0 Å². The molecule has 8 heteroatoms. The van der Waals surface area contributed by atoms with Crippen molar-refractivity contribution in [2.45, 2.75) is 32.9 Å². The zero-order valence-corrected chi connectivity index (χ0v) is 21.9. The normalized spacial score (nSPS) is 15.6. The molecular weight excluding hydrogens is 506 g/mol. The number of carbonyl (C=O) groups is 2. The first-order valence-electron chi connectivity index (χ1n) is 12.3. The van der Waals surface area contributed by atoms with Crippen LogP contribution in [0.4, 0.5) is 5.69 Å². The van der Waals surface area contributed by atoms with Gasteiger partial charge < -0.3 is 19.0 Å². The summed E-state index contributed by atoms with van der Waals surface area (Å²) in [6.45, 7) is 6.23. The molecule has 1 aliphatic rings. The number of rotatable bonds is 8. The molecule has 0 aliphatic carbocycles. The molecule has 5 rings (SSSR count). The maximum atomic E-state index is 13.8. The van der Waals surface area contributed by atoms with E-state index in [4.69, 9.17) is 25.5 Å². The fourth-order valence-corrected chi connectivity index (χ4v) is 4.73. The minimum atomic E-state index is -0.905. The number of ketones is 1. The summed E-state index contributed by atoms with van der Waals surface area (Å²) in [7, 11) is 0. The molecule has 1 aliphatic heterocycles. The van der Waals surface area contributed by atoms with Gasteiger partial charge in [0, 0.05) is 16.1 Å². The number of Topliss-reactive ketones (excluding diaryl/α,β-unsaturated/α-hetero) is 1. The van der Waals surface area contributed by atoms with E-state index in [1.165, 1.54) is 4.90 Å². The zero-order chi connectivity index (χ0) is 27.0. The summed E-state index contributed by atoms with van der Waals surface area (Å²) in [5.41, 5.74) is 1.51. The van der Waals surface area contributed by atoms with Gasteiger partial charge in [-0.05, 0) is 87.0 Å². The van der Waals surface area contributed by atoms with E-state index >= 15 is 0 Å². The molecule has 38 heavy (non-hydrogen) atoms. The highest BCUT2D eigenvalue weighted by Crippen LogP contribution is 2.43. The van der Waals surface area contributed by atoms with Crippen LogP contribution in [-0.4, -0.2) is 29.5 Å². The summed E-state index contributed by atoms with van der Waals surface area (Å²) in [6.07, 6.45) is -0.0167. The molecule has 1 amide bonds. The number of benzene rings is 3. The maximum Gasteiger partial charge on any atom is 0.294 e. The Morgan fingerprint density at radius 3 is 2.37 bits per heavy atom. The summed E-state index contributed by atoms with van der Waals surface area (Å²) < 4.78 is 17.1. The number of aliphatic hydroxyl groups is 1. The average molecular weight is 532 g/mol. The van der Waals surface area contributed by atoms with Gasteiger partial charge in [0.15, 0.2) is 11.5 Å². The molecule has 0 radical (unpaired) electrons. The summed E-state index contributed by atoms with van der Waals surface area (Å²) in [5, 5.41) is 12.2. The second-order valence-corrected chi connectivity index (χ2v) is 9.56. The summed E-state index contributed by atoms with van der Waals surface area (Å²) in [5.74, 6) is -0.627. The highest BCUT2D eigenvalue weighted by molar-refractivity contribution is 6.31. The maximum absolute atomic E-state index is 13.8. The predicted molar refractivity (Wildman–Crippen MR) is 145 cm³/mol. The van der Waals surface area contributed by atoms with E-state index < -0.39 is 23.5 Å². The van der Waals surface area contributed by atoms with Gasteiger partial charge in [-0.2, -0.15) is 0 Å². The van der Waals surface area contributed by atoms with Gasteiger partial charge in [-0.3, -0.25) is 14.5 Å². The molecule has 1 aromatic heterocycles. The number of nitrogens with zero attached hydrogens (tertiary/aromatic N) is 1. The third-order valence-corrected chi connectivity index (χ3v) is 6.38. The van der Waals surface area contributed by atoms with E-state index in [2.05, 4.69) is 0 Å². The molecule has 1 N–H and O–H groups in total. The predicted octanol–water partition coefficient (Wildman–Crippen LogP) is 7.06. The number of fused-ring (bicyclic) bond motifs is 1. The smallest absolute Gasteiger partial charge is 0.294 e. The lowest BCUT2D eigenvalue weighted by atomic mass is 9.94. The van der Waals surface area contributed by atoms with Gasteiger partial charge in [0.1, 0.15) is 17.1 Å². The molecule has 0 fully saturated rings. The van der Waals surface area contributed by atoms with Crippen LogP contribution in [0, 0.1) is 0 Å². The molecule has 3 aromatic carbocycles. The average Bonchev–Trinajstić information content (AvgIpc) is 3.43. The minimum Gasteiger partial charge on any atom is -0.503 e. The number of ether oxygens (including phenoxy) is 2. The van der Waals surface area contributed by atoms with Crippen molar-refractivity contribution >= 4 is 39.9 Å². The Hall–Kier alpha value is -4.23. The second-order valence-electron chi connectivity index (χ2n) is 9.12. The molecule has 0 saturated carbocycles. The summed E-state index contributed by atoms with van der Waals surface area (Å²) in [4.78, 5) is 28.6. The Bertz CT molecular complexity index is 1540. The van der Waals surface area contributed by atoms with Crippen molar-refractivity contribution < 1.29 is 28.6 Å². The van der Waals surface area contributed by atoms with Crippen LogP contribution in [0.3, 0.4) is 0 Å². The second kappa shape index (κ2) is 10.3. The SMILES string of the molecule is CCOc1ccc(N2C(=O)C(O)=C(C(=O)c3cc4cc(Cl)ccc4o3)C2c2ccc(OC(C)C)cc2)cc1. The van der Waals surface area contributed by atoms with Crippen LogP contribution < -0.4 is 14.4 Å². The Kier molecular flexibility index (Phi) is 6.87. The third-order valence-electron chi connectivity index (χ3n) is 6.15. The van der Waals surface area contributed by atoms with Crippen LogP contribution in [0.1, 0.15) is 42.9 Å². The lowest BCUT2D eigenvalue weighted by Crippen LogP contribution is -2.31. The van der Waals surface area contributed by atoms with Gasteiger partial charge in [-0.15, -0.1) is 0 Å². The van der Waals surface area contributed by atoms with Crippen LogP contribution in [0.15, 0.2) is 88.5 Å². The summed E-state index contributed by atoms with van der Waals surface area (Å²) in [6, 6.07) is 19.7. The Labute approximate surface area is 224 Å². The first-order chi connectivity index (χ1) is 18.3. The van der Waals surface area contributed by atoms with Gasteiger partial charge in [0.2, 0.25) is 5.78 Å². The van der Waals surface area contributed by atoms with E-state index in [1.54, 1.807) is 72.8 Å². The van der Waals surface area contributed by atoms with Crippen LogP contribution in [-0.2, 0) is 4.79 Å². The highest BCUT2D eigenvalue weighted by atomic mass is 35.5. The van der Waals surface area contributed by atoms with Crippen molar-refractivity contribution in [1.29, 1.82) is 0 Å². The van der Waals surface area contributed by atoms with Crippen LogP contribution in [0.25, 0.3) is 11.0 Å². The van der Waals surface area contributed by atoms with Gasteiger partial charge >= 0.3 is 0 Å². The molecule has 4 aromatic rings. The monoisotopic (exact) mass is 531 g/mol. The molecule has 0 spiro atoms. The Morgan fingerprint density at radius 1 is 1.03 bits per heavy atom. The van der Waals surface area contributed by atoms with Crippen molar-refractivity contribution in [3.05, 3.63) is 100 Å². The molecule has 0 bridgehead atoms. The highest BCUT2D eigenvalue weighted by Gasteiger charge is 2.45. The fourth-order valence-electron chi connectivity index (χ4n) is 4.55. The molecule has 0 saturated heterocycles. The van der Waals surface area contributed by atoms with E-state index in [-0.39, 0.29) is 17.4 Å². The number of amides is 1. The standard InChI is InChI=1S/C30H26ClNO6/c1-4-36-22-12-8-21(9-13-22)32-27(18-5-10-23(11-6-18)37-17(2)3)26(29(34)30(32)35)28(33)25-16-19-15-20(31)7-14-24(19)38-25/h5-17,27,34H,4H2,1-3H3. The quantitative estimate of drug-likeness (QED) is 0.245. The number of carbonyl (C=O) groups excluding carboxylic acids is 2. The topological polar surface area (TPSA) is 89.2 Å². The minimum absolute atomic E-state index is 0.00470. The van der Waals surface area contributed by atoms with Crippen LogP contribution in [0.2, 0.25) is 5.02 Å². The van der Waals surface area contributed by atoms with Crippen molar-refractivity contribution in [3.63, 3.8) is 0 Å². The fraction of sp³-hybridized carbons (Fsp3) is 0.200. The molecule has 194 valence electrons. The number of aliphatic hydroxyl groups excluding tert-OH is 1. The van der Waals surface area contributed by atoms with Crippen molar-refractivity contribution in [3.8, 4) is 11.5 Å². The van der Waals surface area contributed by atoms with E-state index in [0.717, 1.165) is 0 Å². The molecular formula is C30H26ClNO6. The molecule has 2 heterocycles. The first kappa shape index (κ1) is 25.4. The number of halogens is 1. The van der Waals surface area contributed by atoms with Crippen molar-refractivity contribution in [2.24, 2.45) is 0 Å². The third kappa shape index (κ3) is 4.73. The van der Waals surface area contributed by atoms with Crippen molar-refractivity contribution in [2.75, 3.05) is 11.5 Å². The summed E-state index contributed by atoms with van der Waals surface area (Å²) >= 11 is 6.10.